The number of amides is 1. The molecule has 1 unspecified atom stereocenters. The Labute approximate surface area is 124 Å². The van der Waals surface area contributed by atoms with E-state index in [-0.39, 0.29) is 11.9 Å². The summed E-state index contributed by atoms with van der Waals surface area (Å²) in [7, 11) is 0. The molecule has 0 radical (unpaired) electrons. The third-order valence-electron chi connectivity index (χ3n) is 3.85. The summed E-state index contributed by atoms with van der Waals surface area (Å²) in [6, 6.07) is 0.669. The van der Waals surface area contributed by atoms with E-state index in [4.69, 9.17) is 5.73 Å². The molecule has 1 aliphatic rings. The summed E-state index contributed by atoms with van der Waals surface area (Å²) in [5, 5.41) is 7.13. The summed E-state index contributed by atoms with van der Waals surface area (Å²) >= 11 is 1.35. The molecule has 2 rings (SSSR count). The summed E-state index contributed by atoms with van der Waals surface area (Å²) in [4.78, 5) is 17.0. The molecule has 1 atom stereocenters. The SMILES string of the molecule is CCC(NC(=O)c1sc(NC2CCC2)nc1N)C(C)C. The van der Waals surface area contributed by atoms with Crippen LogP contribution in [0.5, 0.6) is 0 Å². The van der Waals surface area contributed by atoms with Gasteiger partial charge in [0.15, 0.2) is 5.13 Å². The number of hydrogen-bond acceptors (Lipinski definition) is 5. The van der Waals surface area contributed by atoms with Gasteiger partial charge in [0.05, 0.1) is 0 Å². The van der Waals surface area contributed by atoms with Crippen LogP contribution in [0, 0.1) is 5.92 Å². The fourth-order valence-corrected chi connectivity index (χ4v) is 3.12. The monoisotopic (exact) mass is 296 g/mol. The molecular formula is C14H24N4OS. The Morgan fingerprint density at radius 1 is 1.50 bits per heavy atom. The maximum atomic E-state index is 12.3. The molecule has 0 saturated heterocycles. The Morgan fingerprint density at radius 2 is 2.20 bits per heavy atom. The smallest absolute Gasteiger partial charge is 0.265 e. The third kappa shape index (κ3) is 3.42. The molecule has 1 aliphatic carbocycles. The highest BCUT2D eigenvalue weighted by atomic mass is 32.1. The van der Waals surface area contributed by atoms with Crippen molar-refractivity contribution in [3.63, 3.8) is 0 Å². The maximum Gasteiger partial charge on any atom is 0.265 e. The quantitative estimate of drug-likeness (QED) is 0.754. The molecule has 1 aromatic rings. The van der Waals surface area contributed by atoms with E-state index in [0.29, 0.717) is 22.7 Å². The number of nitrogen functional groups attached to an aromatic ring is 1. The molecule has 6 heteroatoms. The van der Waals surface area contributed by atoms with Crippen LogP contribution < -0.4 is 16.4 Å². The predicted octanol–water partition coefficient (Wildman–Crippen LogP) is 2.85. The minimum Gasteiger partial charge on any atom is -0.382 e. The number of anilines is 2. The summed E-state index contributed by atoms with van der Waals surface area (Å²) in [5.74, 6) is 0.626. The van der Waals surface area contributed by atoms with Crippen molar-refractivity contribution in [2.75, 3.05) is 11.1 Å². The topological polar surface area (TPSA) is 80.0 Å². The fraction of sp³-hybridized carbons (Fsp3) is 0.714. The molecule has 1 heterocycles. The van der Waals surface area contributed by atoms with E-state index in [1.54, 1.807) is 0 Å². The van der Waals surface area contributed by atoms with Crippen molar-refractivity contribution in [2.45, 2.75) is 58.5 Å². The minimum absolute atomic E-state index is 0.109. The first kappa shape index (κ1) is 15.1. The average Bonchev–Trinajstić information content (AvgIpc) is 2.71. The first-order valence-corrected chi connectivity index (χ1v) is 8.16. The Balaban J connectivity index is 2.01. The summed E-state index contributed by atoms with van der Waals surface area (Å²) in [5.41, 5.74) is 5.87. The first-order valence-electron chi connectivity index (χ1n) is 7.35. The molecule has 5 nitrogen and oxygen atoms in total. The lowest BCUT2D eigenvalue weighted by molar-refractivity contribution is 0.0929. The van der Waals surface area contributed by atoms with E-state index in [1.165, 1.54) is 30.6 Å². The van der Waals surface area contributed by atoms with Gasteiger partial charge in [0.2, 0.25) is 0 Å². The summed E-state index contributed by atoms with van der Waals surface area (Å²) < 4.78 is 0. The molecule has 112 valence electrons. The second kappa shape index (κ2) is 6.43. The molecule has 1 fully saturated rings. The van der Waals surface area contributed by atoms with Crippen molar-refractivity contribution in [3.05, 3.63) is 4.88 Å². The second-order valence-corrected chi connectivity index (χ2v) is 6.74. The molecule has 1 amide bonds. The standard InChI is InChI=1S/C14H24N4OS/c1-4-10(8(2)3)17-13(19)11-12(15)18-14(20-11)16-9-6-5-7-9/h8-10H,4-7,15H2,1-3H3,(H,16,18)(H,17,19). The van der Waals surface area contributed by atoms with E-state index in [9.17, 15) is 4.79 Å². The number of thiazole rings is 1. The number of hydrogen-bond donors (Lipinski definition) is 3. The molecule has 0 bridgehead atoms. The highest BCUT2D eigenvalue weighted by molar-refractivity contribution is 7.18. The van der Waals surface area contributed by atoms with Crippen molar-refractivity contribution in [1.29, 1.82) is 0 Å². The highest BCUT2D eigenvalue weighted by Crippen LogP contribution is 2.29. The van der Waals surface area contributed by atoms with E-state index in [2.05, 4.69) is 36.4 Å². The molecule has 0 aromatic carbocycles. The van der Waals surface area contributed by atoms with Crippen LogP contribution in [0.1, 0.15) is 56.1 Å². The Hall–Kier alpha value is -1.30. The fourth-order valence-electron chi connectivity index (χ4n) is 2.26. The molecule has 1 saturated carbocycles. The number of rotatable bonds is 6. The first-order chi connectivity index (χ1) is 9.51. The van der Waals surface area contributed by atoms with E-state index < -0.39 is 0 Å². The van der Waals surface area contributed by atoms with Gasteiger partial charge in [0.25, 0.3) is 5.91 Å². The van der Waals surface area contributed by atoms with Gasteiger partial charge in [-0.3, -0.25) is 4.79 Å². The van der Waals surface area contributed by atoms with Crippen molar-refractivity contribution >= 4 is 28.2 Å². The summed E-state index contributed by atoms with van der Waals surface area (Å²) in [6.45, 7) is 6.28. The molecule has 4 N–H and O–H groups in total. The van der Waals surface area contributed by atoms with Gasteiger partial charge >= 0.3 is 0 Å². The largest absolute Gasteiger partial charge is 0.382 e. The van der Waals surface area contributed by atoms with Crippen LogP contribution in [-0.4, -0.2) is 23.0 Å². The van der Waals surface area contributed by atoms with Crippen molar-refractivity contribution in [1.82, 2.24) is 10.3 Å². The lowest BCUT2D eigenvalue weighted by Gasteiger charge is -2.25. The van der Waals surface area contributed by atoms with Crippen LogP contribution in [0.15, 0.2) is 0 Å². The number of nitrogens with one attached hydrogen (secondary N) is 2. The summed E-state index contributed by atoms with van der Waals surface area (Å²) in [6.07, 6.45) is 4.52. The van der Waals surface area contributed by atoms with Gasteiger partial charge in [-0.2, -0.15) is 0 Å². The Bertz CT molecular complexity index is 468. The second-order valence-electron chi connectivity index (χ2n) is 5.74. The molecule has 0 spiro atoms. The minimum atomic E-state index is -0.109. The maximum absolute atomic E-state index is 12.3. The van der Waals surface area contributed by atoms with Gasteiger partial charge in [0, 0.05) is 12.1 Å². The zero-order valence-corrected chi connectivity index (χ0v) is 13.2. The van der Waals surface area contributed by atoms with Crippen LogP contribution in [0.25, 0.3) is 0 Å². The predicted molar refractivity (Wildman–Crippen MR) is 84.2 cm³/mol. The zero-order chi connectivity index (χ0) is 14.7. The van der Waals surface area contributed by atoms with Gasteiger partial charge in [-0.25, -0.2) is 4.98 Å². The molecule has 0 aliphatic heterocycles. The average molecular weight is 296 g/mol. The van der Waals surface area contributed by atoms with Crippen LogP contribution >= 0.6 is 11.3 Å². The van der Waals surface area contributed by atoms with Gasteiger partial charge in [0.1, 0.15) is 10.7 Å². The number of carbonyl (C=O) groups is 1. The van der Waals surface area contributed by atoms with Gasteiger partial charge in [-0.1, -0.05) is 32.1 Å². The number of nitrogens with two attached hydrogens (primary N) is 1. The van der Waals surface area contributed by atoms with Gasteiger partial charge < -0.3 is 16.4 Å². The van der Waals surface area contributed by atoms with Gasteiger partial charge in [-0.15, -0.1) is 0 Å². The van der Waals surface area contributed by atoms with Crippen LogP contribution in [0.4, 0.5) is 10.9 Å². The molecule has 1 aromatic heterocycles. The Kier molecular flexibility index (Phi) is 4.86. The van der Waals surface area contributed by atoms with E-state index in [0.717, 1.165) is 11.6 Å². The van der Waals surface area contributed by atoms with Crippen molar-refractivity contribution < 1.29 is 4.79 Å². The van der Waals surface area contributed by atoms with Crippen molar-refractivity contribution in [3.8, 4) is 0 Å². The number of nitrogens with zero attached hydrogens (tertiary/aromatic N) is 1. The van der Waals surface area contributed by atoms with Crippen LogP contribution in [0.2, 0.25) is 0 Å². The van der Waals surface area contributed by atoms with Crippen LogP contribution in [-0.2, 0) is 0 Å². The normalized spacial score (nSPS) is 16.8. The third-order valence-corrected chi connectivity index (χ3v) is 4.85. The van der Waals surface area contributed by atoms with E-state index in [1.807, 2.05) is 0 Å². The van der Waals surface area contributed by atoms with Crippen molar-refractivity contribution in [2.24, 2.45) is 5.92 Å². The van der Waals surface area contributed by atoms with Crippen LogP contribution in [0.3, 0.4) is 0 Å². The zero-order valence-electron chi connectivity index (χ0n) is 12.4. The Morgan fingerprint density at radius 3 is 2.70 bits per heavy atom. The highest BCUT2D eigenvalue weighted by Gasteiger charge is 2.23. The molecule has 20 heavy (non-hydrogen) atoms. The number of aromatic nitrogens is 1. The van der Waals surface area contributed by atoms with E-state index >= 15 is 0 Å². The molecular weight excluding hydrogens is 272 g/mol. The lowest BCUT2D eigenvalue weighted by atomic mass is 9.93. The number of carbonyl (C=O) groups excluding carboxylic acids is 1. The lowest BCUT2D eigenvalue weighted by Crippen LogP contribution is -2.37. The van der Waals surface area contributed by atoms with Gasteiger partial charge in [-0.05, 0) is 31.6 Å².